The van der Waals surface area contributed by atoms with Crippen molar-refractivity contribution in [3.05, 3.63) is 50.7 Å². The van der Waals surface area contributed by atoms with Crippen LogP contribution < -0.4 is 4.74 Å². The van der Waals surface area contributed by atoms with Crippen LogP contribution in [0.15, 0.2) is 35.3 Å². The molecule has 3 rings (SSSR count). The summed E-state index contributed by atoms with van der Waals surface area (Å²) in [4.78, 5) is 18.3. The summed E-state index contributed by atoms with van der Waals surface area (Å²) in [5.41, 5.74) is 0.867. The number of thiophene rings is 1. The Morgan fingerprint density at radius 3 is 2.88 bits per heavy atom. The first-order valence-electron chi connectivity index (χ1n) is 8.33. The fraction of sp³-hybridized carbons (Fsp3) is 0.368. The molecule has 0 saturated carbocycles. The van der Waals surface area contributed by atoms with Crippen LogP contribution in [0.25, 0.3) is 0 Å². The van der Waals surface area contributed by atoms with Crippen molar-refractivity contribution >= 4 is 34.6 Å². The van der Waals surface area contributed by atoms with Crippen molar-refractivity contribution in [1.82, 2.24) is 0 Å². The first-order chi connectivity index (χ1) is 12.1. The van der Waals surface area contributed by atoms with Crippen molar-refractivity contribution in [3.8, 4) is 5.75 Å². The third kappa shape index (κ3) is 4.83. The molecule has 6 heteroatoms. The molecule has 0 saturated heterocycles. The van der Waals surface area contributed by atoms with Gasteiger partial charge >= 0.3 is 0 Å². The maximum absolute atomic E-state index is 12.0. The van der Waals surface area contributed by atoms with E-state index in [0.717, 1.165) is 23.3 Å². The minimum Gasteiger partial charge on any atom is -0.492 e. The lowest BCUT2D eigenvalue weighted by Crippen LogP contribution is -2.03. The standard InChI is InChI=1S/C19H20ClNO3S/c1-13-5-8-18(25-13)16(22)4-2-3-10-23-17-7-6-14(12-15(17)20)19-21-9-11-24-19/h5-8,12H,2-4,9-11H2,1H3. The van der Waals surface area contributed by atoms with Crippen LogP contribution in [0.5, 0.6) is 5.75 Å². The van der Waals surface area contributed by atoms with E-state index in [-0.39, 0.29) is 5.78 Å². The average Bonchev–Trinajstić information content (AvgIpc) is 3.27. The zero-order valence-electron chi connectivity index (χ0n) is 14.1. The maximum atomic E-state index is 12.0. The van der Waals surface area contributed by atoms with Crippen LogP contribution in [0.4, 0.5) is 0 Å². The monoisotopic (exact) mass is 377 g/mol. The van der Waals surface area contributed by atoms with E-state index >= 15 is 0 Å². The quantitative estimate of drug-likeness (QED) is 0.484. The molecular weight excluding hydrogens is 358 g/mol. The third-order valence-electron chi connectivity index (χ3n) is 3.84. The van der Waals surface area contributed by atoms with Crippen LogP contribution in [0, 0.1) is 6.92 Å². The van der Waals surface area contributed by atoms with Gasteiger partial charge in [0.2, 0.25) is 5.90 Å². The van der Waals surface area contributed by atoms with Crippen LogP contribution in [0.2, 0.25) is 5.02 Å². The highest BCUT2D eigenvalue weighted by Gasteiger charge is 2.13. The Kier molecular flexibility index (Phi) is 6.10. The van der Waals surface area contributed by atoms with Crippen LogP contribution >= 0.6 is 22.9 Å². The van der Waals surface area contributed by atoms with E-state index in [1.54, 1.807) is 11.3 Å². The SMILES string of the molecule is Cc1ccc(C(=O)CCCCOc2ccc(C3=NCCO3)cc2Cl)s1. The Balaban J connectivity index is 1.42. The first-order valence-corrected chi connectivity index (χ1v) is 9.52. The van der Waals surface area contributed by atoms with Crippen molar-refractivity contribution < 1.29 is 14.3 Å². The number of carbonyl (C=O) groups excluding carboxylic acids is 1. The third-order valence-corrected chi connectivity index (χ3v) is 5.17. The number of aliphatic imine (C=N–C) groups is 1. The van der Waals surface area contributed by atoms with Crippen LogP contribution in [0.3, 0.4) is 0 Å². The van der Waals surface area contributed by atoms with Gasteiger partial charge in [0.25, 0.3) is 0 Å². The molecule has 2 heterocycles. The second-order valence-electron chi connectivity index (χ2n) is 5.82. The number of halogens is 1. The van der Waals surface area contributed by atoms with Gasteiger partial charge in [-0.3, -0.25) is 4.79 Å². The molecule has 0 bridgehead atoms. The Bertz CT molecular complexity index is 785. The molecule has 1 aliphatic rings. The number of ether oxygens (including phenoxy) is 2. The summed E-state index contributed by atoms with van der Waals surface area (Å²) in [7, 11) is 0. The van der Waals surface area contributed by atoms with Gasteiger partial charge in [0, 0.05) is 16.9 Å². The van der Waals surface area contributed by atoms with Gasteiger partial charge in [-0.05, 0) is 50.1 Å². The van der Waals surface area contributed by atoms with Gasteiger partial charge in [0.1, 0.15) is 12.4 Å². The summed E-state index contributed by atoms with van der Waals surface area (Å²) >= 11 is 7.82. The van der Waals surface area contributed by atoms with E-state index in [2.05, 4.69) is 4.99 Å². The number of unbranched alkanes of at least 4 members (excludes halogenated alkanes) is 1. The maximum Gasteiger partial charge on any atom is 0.216 e. The topological polar surface area (TPSA) is 47.9 Å². The first kappa shape index (κ1) is 18.0. The molecule has 0 spiro atoms. The normalized spacial score (nSPS) is 13.4. The predicted molar refractivity (Wildman–Crippen MR) is 102 cm³/mol. The molecule has 0 aliphatic carbocycles. The Morgan fingerprint density at radius 1 is 1.32 bits per heavy atom. The van der Waals surface area contributed by atoms with E-state index < -0.39 is 0 Å². The minimum absolute atomic E-state index is 0.206. The van der Waals surface area contributed by atoms with Crippen molar-refractivity contribution in [2.45, 2.75) is 26.2 Å². The zero-order chi connectivity index (χ0) is 17.6. The highest BCUT2D eigenvalue weighted by molar-refractivity contribution is 7.14. The lowest BCUT2D eigenvalue weighted by atomic mass is 10.1. The van der Waals surface area contributed by atoms with Gasteiger partial charge in [-0.15, -0.1) is 11.3 Å². The number of carbonyl (C=O) groups is 1. The molecule has 132 valence electrons. The number of rotatable bonds is 8. The largest absolute Gasteiger partial charge is 0.492 e. The van der Waals surface area contributed by atoms with Gasteiger partial charge in [0.05, 0.1) is 23.1 Å². The highest BCUT2D eigenvalue weighted by atomic mass is 35.5. The molecule has 25 heavy (non-hydrogen) atoms. The summed E-state index contributed by atoms with van der Waals surface area (Å²) in [5.74, 6) is 1.48. The number of hydrogen-bond donors (Lipinski definition) is 0. The Morgan fingerprint density at radius 2 is 2.20 bits per heavy atom. The molecule has 0 unspecified atom stereocenters. The van der Waals surface area contributed by atoms with Crippen molar-refractivity contribution in [3.63, 3.8) is 0 Å². The number of benzene rings is 1. The summed E-state index contributed by atoms with van der Waals surface area (Å²) < 4.78 is 11.2. The molecular formula is C19H20ClNO3S. The minimum atomic E-state index is 0.206. The van der Waals surface area contributed by atoms with Crippen LogP contribution in [-0.2, 0) is 4.74 Å². The molecule has 4 nitrogen and oxygen atoms in total. The van der Waals surface area contributed by atoms with E-state index in [0.29, 0.717) is 42.8 Å². The van der Waals surface area contributed by atoms with E-state index in [1.165, 1.54) is 4.88 Å². The van der Waals surface area contributed by atoms with Gasteiger partial charge in [-0.25, -0.2) is 4.99 Å². The van der Waals surface area contributed by atoms with Gasteiger partial charge in [-0.1, -0.05) is 11.6 Å². The number of ketones is 1. The lowest BCUT2D eigenvalue weighted by molar-refractivity contribution is 0.0981. The number of nitrogens with zero attached hydrogens (tertiary/aromatic N) is 1. The zero-order valence-corrected chi connectivity index (χ0v) is 15.7. The molecule has 1 aromatic heterocycles. The summed E-state index contributed by atoms with van der Waals surface area (Å²) in [6.45, 7) is 3.85. The van der Waals surface area contributed by atoms with Crippen molar-refractivity contribution in [2.75, 3.05) is 19.8 Å². The van der Waals surface area contributed by atoms with Crippen LogP contribution in [-0.4, -0.2) is 31.4 Å². The van der Waals surface area contributed by atoms with Gasteiger partial charge in [0.15, 0.2) is 5.78 Å². The predicted octanol–water partition coefficient (Wildman–Crippen LogP) is 4.92. The summed E-state index contributed by atoms with van der Waals surface area (Å²) in [6.07, 6.45) is 2.16. The van der Waals surface area contributed by atoms with E-state index in [1.807, 2.05) is 37.3 Å². The fourth-order valence-electron chi connectivity index (χ4n) is 2.54. The lowest BCUT2D eigenvalue weighted by Gasteiger charge is -2.09. The number of hydrogen-bond acceptors (Lipinski definition) is 5. The Labute approximate surface area is 156 Å². The van der Waals surface area contributed by atoms with E-state index in [4.69, 9.17) is 21.1 Å². The molecule has 0 amide bonds. The van der Waals surface area contributed by atoms with Crippen molar-refractivity contribution in [2.24, 2.45) is 4.99 Å². The summed E-state index contributed by atoms with van der Waals surface area (Å²) in [5, 5.41) is 0.542. The van der Waals surface area contributed by atoms with E-state index in [9.17, 15) is 4.79 Å². The molecule has 0 atom stereocenters. The average molecular weight is 378 g/mol. The van der Waals surface area contributed by atoms with Crippen molar-refractivity contribution in [1.29, 1.82) is 0 Å². The summed E-state index contributed by atoms with van der Waals surface area (Å²) in [6, 6.07) is 9.42. The molecule has 2 aromatic rings. The molecule has 1 aromatic carbocycles. The number of Topliss-reactive ketones (excluding diaryl/α,β-unsaturated/α-hetero) is 1. The second-order valence-corrected chi connectivity index (χ2v) is 7.51. The molecule has 0 radical (unpaired) electrons. The van der Waals surface area contributed by atoms with Crippen LogP contribution in [0.1, 0.15) is 39.4 Å². The number of aryl methyl sites for hydroxylation is 1. The molecule has 1 aliphatic heterocycles. The highest BCUT2D eigenvalue weighted by Crippen LogP contribution is 2.27. The molecule has 0 fully saturated rings. The molecule has 0 N–H and O–H groups in total. The van der Waals surface area contributed by atoms with Gasteiger partial charge < -0.3 is 9.47 Å². The smallest absolute Gasteiger partial charge is 0.216 e. The van der Waals surface area contributed by atoms with Gasteiger partial charge in [-0.2, -0.15) is 0 Å². The fourth-order valence-corrected chi connectivity index (χ4v) is 3.61. The Hall–Kier alpha value is -1.85. The second kappa shape index (κ2) is 8.50.